The molecule has 0 radical (unpaired) electrons. The molecule has 0 spiro atoms. The quantitative estimate of drug-likeness (QED) is 0.532. The van der Waals surface area contributed by atoms with E-state index in [9.17, 15) is 4.79 Å². The van der Waals surface area contributed by atoms with E-state index in [0.717, 1.165) is 37.1 Å². The van der Waals surface area contributed by atoms with E-state index in [1.54, 1.807) is 11.3 Å². The summed E-state index contributed by atoms with van der Waals surface area (Å²) in [6, 6.07) is 0.317. The van der Waals surface area contributed by atoms with Gasteiger partial charge in [-0.3, -0.25) is 0 Å². The van der Waals surface area contributed by atoms with Crippen molar-refractivity contribution in [3.63, 3.8) is 0 Å². The van der Waals surface area contributed by atoms with E-state index in [0.29, 0.717) is 23.3 Å². The molecule has 0 fully saturated rings. The van der Waals surface area contributed by atoms with Gasteiger partial charge in [-0.1, -0.05) is 26.2 Å². The first-order chi connectivity index (χ1) is 12.1. The van der Waals surface area contributed by atoms with E-state index >= 15 is 0 Å². The molecular formula is C19H30N2O2S2. The summed E-state index contributed by atoms with van der Waals surface area (Å²) in [6.45, 7) is 6.52. The molecule has 0 saturated carbocycles. The van der Waals surface area contributed by atoms with Gasteiger partial charge in [0.25, 0.3) is 0 Å². The van der Waals surface area contributed by atoms with Gasteiger partial charge in [0.05, 0.1) is 12.2 Å². The highest BCUT2D eigenvalue weighted by atomic mass is 32.1. The van der Waals surface area contributed by atoms with Crippen molar-refractivity contribution in [2.75, 3.05) is 11.9 Å². The fourth-order valence-electron chi connectivity index (χ4n) is 3.29. The number of ether oxygens (including phenoxy) is 1. The zero-order chi connectivity index (χ0) is 18.2. The monoisotopic (exact) mass is 382 g/mol. The Kier molecular flexibility index (Phi) is 8.16. The van der Waals surface area contributed by atoms with Crippen LogP contribution in [0, 0.1) is 0 Å². The molecular weight excluding hydrogens is 352 g/mol. The first-order valence-electron chi connectivity index (χ1n) is 9.45. The smallest absolute Gasteiger partial charge is 0.341 e. The van der Waals surface area contributed by atoms with Gasteiger partial charge in [0.2, 0.25) is 0 Å². The molecule has 1 atom stereocenters. The summed E-state index contributed by atoms with van der Waals surface area (Å²) in [6.07, 6.45) is 8.98. The van der Waals surface area contributed by atoms with Crippen LogP contribution in [0.1, 0.15) is 80.1 Å². The van der Waals surface area contributed by atoms with Crippen molar-refractivity contribution in [2.24, 2.45) is 0 Å². The number of aryl methyl sites for hydroxylation is 1. The van der Waals surface area contributed by atoms with Gasteiger partial charge < -0.3 is 15.4 Å². The molecule has 2 N–H and O–H groups in total. The van der Waals surface area contributed by atoms with Gasteiger partial charge in [0.15, 0.2) is 5.11 Å². The molecule has 6 heteroatoms. The number of hydrogen-bond donors (Lipinski definition) is 2. The number of rotatable bonds is 6. The van der Waals surface area contributed by atoms with E-state index in [1.807, 2.05) is 6.92 Å². The Hall–Kier alpha value is -1.14. The SMILES string of the molecule is CCCC(C)NC(=S)Nc1sc2c(c1C(=O)OCC)CCCCCC2. The van der Waals surface area contributed by atoms with Gasteiger partial charge >= 0.3 is 5.97 Å². The highest BCUT2D eigenvalue weighted by Gasteiger charge is 2.25. The number of carbonyl (C=O) groups excluding carboxylic acids is 1. The third-order valence-electron chi connectivity index (χ3n) is 4.48. The van der Waals surface area contributed by atoms with Crippen molar-refractivity contribution in [1.29, 1.82) is 0 Å². The number of esters is 1. The van der Waals surface area contributed by atoms with Gasteiger partial charge in [-0.05, 0) is 63.7 Å². The third-order valence-corrected chi connectivity index (χ3v) is 5.90. The molecule has 25 heavy (non-hydrogen) atoms. The van der Waals surface area contributed by atoms with Crippen LogP contribution in [0.25, 0.3) is 0 Å². The lowest BCUT2D eigenvalue weighted by atomic mass is 9.96. The number of carbonyl (C=O) groups is 1. The predicted molar refractivity (Wildman–Crippen MR) is 110 cm³/mol. The number of thiocarbonyl (C=S) groups is 1. The highest BCUT2D eigenvalue weighted by Crippen LogP contribution is 2.37. The molecule has 1 aromatic heterocycles. The lowest BCUT2D eigenvalue weighted by molar-refractivity contribution is 0.0526. The number of nitrogens with one attached hydrogen (secondary N) is 2. The second-order valence-electron chi connectivity index (χ2n) is 6.63. The maximum absolute atomic E-state index is 12.6. The minimum Gasteiger partial charge on any atom is -0.462 e. The Bertz CT molecular complexity index is 598. The number of thiophene rings is 1. The van der Waals surface area contributed by atoms with Crippen LogP contribution in [0.3, 0.4) is 0 Å². The molecule has 4 nitrogen and oxygen atoms in total. The highest BCUT2D eigenvalue weighted by molar-refractivity contribution is 7.80. The molecule has 1 aromatic rings. The lowest BCUT2D eigenvalue weighted by Gasteiger charge is -2.16. The molecule has 0 aliphatic heterocycles. The topological polar surface area (TPSA) is 50.4 Å². The van der Waals surface area contributed by atoms with Crippen molar-refractivity contribution >= 4 is 39.6 Å². The van der Waals surface area contributed by atoms with Crippen LogP contribution in [0.4, 0.5) is 5.00 Å². The van der Waals surface area contributed by atoms with Crippen molar-refractivity contribution in [3.05, 3.63) is 16.0 Å². The van der Waals surface area contributed by atoms with Gasteiger partial charge in [0, 0.05) is 10.9 Å². The number of hydrogen-bond acceptors (Lipinski definition) is 4. The summed E-state index contributed by atoms with van der Waals surface area (Å²) in [7, 11) is 0. The Balaban J connectivity index is 2.24. The predicted octanol–water partition coefficient (Wildman–Crippen LogP) is 5.06. The standard InChI is InChI=1S/C19H30N2O2S2/c1-4-10-13(3)20-19(24)21-17-16(18(22)23-5-2)14-11-8-6-7-9-12-15(14)25-17/h13H,4-12H2,1-3H3,(H2,20,21,24). The van der Waals surface area contributed by atoms with E-state index in [1.165, 1.54) is 29.7 Å². The summed E-state index contributed by atoms with van der Waals surface area (Å²) < 4.78 is 5.33. The number of fused-ring (bicyclic) bond motifs is 1. The van der Waals surface area contributed by atoms with Crippen molar-refractivity contribution < 1.29 is 9.53 Å². The molecule has 140 valence electrons. The summed E-state index contributed by atoms with van der Waals surface area (Å²) in [5.74, 6) is -0.229. The van der Waals surface area contributed by atoms with Crippen molar-refractivity contribution in [2.45, 2.75) is 78.2 Å². The molecule has 0 aromatic carbocycles. The molecule has 1 aliphatic carbocycles. The van der Waals surface area contributed by atoms with Crippen LogP contribution < -0.4 is 10.6 Å². The minimum atomic E-state index is -0.229. The van der Waals surface area contributed by atoms with Gasteiger partial charge in [-0.25, -0.2) is 4.79 Å². The molecule has 0 bridgehead atoms. The van der Waals surface area contributed by atoms with Crippen LogP contribution >= 0.6 is 23.6 Å². The summed E-state index contributed by atoms with van der Waals surface area (Å²) in [5.41, 5.74) is 1.88. The Morgan fingerprint density at radius 2 is 1.96 bits per heavy atom. The molecule has 0 saturated heterocycles. The second kappa shape index (κ2) is 10.1. The molecule has 0 amide bonds. The Morgan fingerprint density at radius 3 is 2.64 bits per heavy atom. The van der Waals surface area contributed by atoms with Gasteiger partial charge in [-0.2, -0.15) is 0 Å². The van der Waals surface area contributed by atoms with E-state index in [2.05, 4.69) is 24.5 Å². The molecule has 1 aliphatic rings. The summed E-state index contributed by atoms with van der Waals surface area (Å²) in [4.78, 5) is 13.9. The summed E-state index contributed by atoms with van der Waals surface area (Å²) >= 11 is 7.13. The lowest BCUT2D eigenvalue weighted by Crippen LogP contribution is -2.35. The van der Waals surface area contributed by atoms with Gasteiger partial charge in [0.1, 0.15) is 5.00 Å². The molecule has 1 unspecified atom stereocenters. The normalized spacial score (nSPS) is 15.5. The summed E-state index contributed by atoms with van der Waals surface area (Å²) in [5, 5.41) is 8.01. The van der Waals surface area contributed by atoms with E-state index in [4.69, 9.17) is 17.0 Å². The maximum Gasteiger partial charge on any atom is 0.341 e. The minimum absolute atomic E-state index is 0.229. The third kappa shape index (κ3) is 5.68. The average Bonchev–Trinajstić information content (AvgIpc) is 2.84. The maximum atomic E-state index is 12.6. The average molecular weight is 383 g/mol. The fourth-order valence-corrected chi connectivity index (χ4v) is 4.94. The largest absolute Gasteiger partial charge is 0.462 e. The van der Waals surface area contributed by atoms with Gasteiger partial charge in [-0.15, -0.1) is 11.3 Å². The first-order valence-corrected chi connectivity index (χ1v) is 10.7. The zero-order valence-electron chi connectivity index (χ0n) is 15.6. The van der Waals surface area contributed by atoms with Crippen LogP contribution in [-0.4, -0.2) is 23.7 Å². The van der Waals surface area contributed by atoms with Crippen LogP contribution in [-0.2, 0) is 17.6 Å². The molecule has 1 heterocycles. The Morgan fingerprint density at radius 1 is 1.24 bits per heavy atom. The molecule has 2 rings (SSSR count). The fraction of sp³-hybridized carbons (Fsp3) is 0.684. The number of anilines is 1. The second-order valence-corrected chi connectivity index (χ2v) is 8.14. The zero-order valence-corrected chi connectivity index (χ0v) is 17.2. The van der Waals surface area contributed by atoms with Crippen molar-refractivity contribution in [1.82, 2.24) is 5.32 Å². The van der Waals surface area contributed by atoms with E-state index in [-0.39, 0.29) is 5.97 Å². The van der Waals surface area contributed by atoms with Crippen LogP contribution in [0.15, 0.2) is 0 Å². The van der Waals surface area contributed by atoms with Crippen LogP contribution in [0.2, 0.25) is 0 Å². The van der Waals surface area contributed by atoms with E-state index < -0.39 is 0 Å². The van der Waals surface area contributed by atoms with Crippen molar-refractivity contribution in [3.8, 4) is 0 Å². The first kappa shape index (κ1) is 20.2. The Labute approximate surface area is 160 Å². The van der Waals surface area contributed by atoms with Crippen LogP contribution in [0.5, 0.6) is 0 Å².